The lowest BCUT2D eigenvalue weighted by Crippen LogP contribution is -2.34. The molecule has 0 bridgehead atoms. The normalized spacial score (nSPS) is 26.6. The molecular formula is C9H16O2. The first-order chi connectivity index (χ1) is 5.04. The van der Waals surface area contributed by atoms with Crippen LogP contribution in [0, 0.1) is 5.41 Å². The van der Waals surface area contributed by atoms with Crippen LogP contribution in [-0.4, -0.2) is 17.0 Å². The van der Waals surface area contributed by atoms with Crippen molar-refractivity contribution in [1.82, 2.24) is 0 Å². The Balaban J connectivity index is 2.55. The van der Waals surface area contributed by atoms with Gasteiger partial charge in [0.15, 0.2) is 0 Å². The summed E-state index contributed by atoms with van der Waals surface area (Å²) in [6, 6.07) is 0. The number of aliphatic hydroxyl groups is 1. The van der Waals surface area contributed by atoms with Crippen LogP contribution in [-0.2, 0) is 4.79 Å². The molecular weight excluding hydrogens is 140 g/mol. The molecule has 1 fully saturated rings. The molecule has 11 heavy (non-hydrogen) atoms. The van der Waals surface area contributed by atoms with Gasteiger partial charge in [0.05, 0.1) is 6.10 Å². The molecule has 1 rings (SSSR count). The predicted octanol–water partition coefficient (Wildman–Crippen LogP) is 1.52. The highest BCUT2D eigenvalue weighted by Gasteiger charge is 2.33. The van der Waals surface area contributed by atoms with Crippen LogP contribution in [0.5, 0.6) is 0 Å². The first kappa shape index (κ1) is 8.72. The van der Waals surface area contributed by atoms with Gasteiger partial charge in [-0.2, -0.15) is 0 Å². The van der Waals surface area contributed by atoms with Gasteiger partial charge in [-0.15, -0.1) is 0 Å². The molecule has 64 valence electrons. The van der Waals surface area contributed by atoms with Crippen molar-refractivity contribution in [2.45, 2.75) is 45.6 Å². The van der Waals surface area contributed by atoms with Crippen LogP contribution in [0.3, 0.4) is 0 Å². The molecule has 1 unspecified atom stereocenters. The summed E-state index contributed by atoms with van der Waals surface area (Å²) in [6.07, 6.45) is 2.73. The molecule has 0 radical (unpaired) electrons. The first-order valence-corrected chi connectivity index (χ1v) is 4.24. The molecule has 0 aromatic carbocycles. The quantitative estimate of drug-likeness (QED) is 0.625. The predicted molar refractivity (Wildman–Crippen MR) is 43.3 cm³/mol. The number of aliphatic hydroxyl groups excluding tert-OH is 1. The lowest BCUT2D eigenvalue weighted by molar-refractivity contribution is -0.123. The van der Waals surface area contributed by atoms with E-state index in [9.17, 15) is 9.90 Å². The van der Waals surface area contributed by atoms with E-state index in [2.05, 4.69) is 6.92 Å². The van der Waals surface area contributed by atoms with E-state index in [0.717, 1.165) is 12.8 Å². The van der Waals surface area contributed by atoms with Gasteiger partial charge in [0, 0.05) is 12.8 Å². The Morgan fingerprint density at radius 1 is 1.45 bits per heavy atom. The van der Waals surface area contributed by atoms with E-state index in [-0.39, 0.29) is 11.5 Å². The van der Waals surface area contributed by atoms with E-state index in [4.69, 9.17) is 0 Å². The fourth-order valence-corrected chi connectivity index (χ4v) is 1.52. The molecule has 0 heterocycles. The summed E-state index contributed by atoms with van der Waals surface area (Å²) < 4.78 is 0. The number of Topliss-reactive ketones (excluding diaryl/α,β-unsaturated/α-hetero) is 1. The average Bonchev–Trinajstić information content (AvgIpc) is 1.95. The molecule has 0 aliphatic heterocycles. The monoisotopic (exact) mass is 156 g/mol. The Hall–Kier alpha value is -0.370. The zero-order valence-electron chi connectivity index (χ0n) is 7.26. The van der Waals surface area contributed by atoms with Crippen molar-refractivity contribution in [3.8, 4) is 0 Å². The number of rotatable bonds is 1. The number of carbonyl (C=O) groups excluding carboxylic acids is 1. The van der Waals surface area contributed by atoms with Gasteiger partial charge >= 0.3 is 0 Å². The SMILES string of the molecule is CC(O)C1(C)CCC(=O)CC1. The Morgan fingerprint density at radius 3 is 2.27 bits per heavy atom. The number of carbonyl (C=O) groups is 1. The minimum Gasteiger partial charge on any atom is -0.393 e. The highest BCUT2D eigenvalue weighted by Crippen LogP contribution is 2.37. The largest absolute Gasteiger partial charge is 0.393 e. The van der Waals surface area contributed by atoms with Crippen LogP contribution in [0.15, 0.2) is 0 Å². The Morgan fingerprint density at radius 2 is 1.91 bits per heavy atom. The lowest BCUT2D eigenvalue weighted by Gasteiger charge is -2.35. The van der Waals surface area contributed by atoms with Crippen LogP contribution in [0.25, 0.3) is 0 Å². The van der Waals surface area contributed by atoms with E-state index >= 15 is 0 Å². The summed E-state index contributed by atoms with van der Waals surface area (Å²) in [7, 11) is 0. The summed E-state index contributed by atoms with van der Waals surface area (Å²) in [5.74, 6) is 0.350. The van der Waals surface area contributed by atoms with E-state index < -0.39 is 0 Å². The maximum absolute atomic E-state index is 10.9. The zero-order chi connectivity index (χ0) is 8.48. The second-order valence-electron chi connectivity index (χ2n) is 3.87. The summed E-state index contributed by atoms with van der Waals surface area (Å²) in [6.45, 7) is 3.87. The fourth-order valence-electron chi connectivity index (χ4n) is 1.52. The van der Waals surface area contributed by atoms with Gasteiger partial charge in [0.25, 0.3) is 0 Å². The molecule has 0 saturated heterocycles. The molecule has 1 saturated carbocycles. The third kappa shape index (κ3) is 1.80. The van der Waals surface area contributed by atoms with Crippen LogP contribution in [0.1, 0.15) is 39.5 Å². The highest BCUT2D eigenvalue weighted by atomic mass is 16.3. The van der Waals surface area contributed by atoms with E-state index in [1.807, 2.05) is 6.92 Å². The van der Waals surface area contributed by atoms with Gasteiger partial charge in [-0.3, -0.25) is 4.79 Å². The van der Waals surface area contributed by atoms with E-state index in [0.29, 0.717) is 18.6 Å². The third-order valence-corrected chi connectivity index (χ3v) is 2.96. The summed E-state index contributed by atoms with van der Waals surface area (Å²) in [4.78, 5) is 10.9. The molecule has 0 aromatic heterocycles. The minimum atomic E-state index is -0.282. The Bertz CT molecular complexity index is 151. The average molecular weight is 156 g/mol. The minimum absolute atomic E-state index is 0.00604. The van der Waals surface area contributed by atoms with Crippen LogP contribution in [0.4, 0.5) is 0 Å². The smallest absolute Gasteiger partial charge is 0.132 e. The third-order valence-electron chi connectivity index (χ3n) is 2.96. The number of ketones is 1. The lowest BCUT2D eigenvalue weighted by atomic mass is 9.72. The topological polar surface area (TPSA) is 37.3 Å². The number of hydrogen-bond acceptors (Lipinski definition) is 2. The summed E-state index contributed by atoms with van der Waals surface area (Å²) >= 11 is 0. The van der Waals surface area contributed by atoms with Crippen molar-refractivity contribution in [2.24, 2.45) is 5.41 Å². The highest BCUT2D eigenvalue weighted by molar-refractivity contribution is 5.79. The zero-order valence-corrected chi connectivity index (χ0v) is 7.26. The Kier molecular flexibility index (Phi) is 2.33. The van der Waals surface area contributed by atoms with Gasteiger partial charge in [0.1, 0.15) is 5.78 Å². The first-order valence-electron chi connectivity index (χ1n) is 4.24. The van der Waals surface area contributed by atoms with Crippen LogP contribution < -0.4 is 0 Å². The second kappa shape index (κ2) is 2.94. The summed E-state index contributed by atoms with van der Waals surface area (Å²) in [5.41, 5.74) is -0.00604. The van der Waals surface area contributed by atoms with Crippen molar-refractivity contribution in [3.05, 3.63) is 0 Å². The summed E-state index contributed by atoms with van der Waals surface area (Å²) in [5, 5.41) is 9.41. The van der Waals surface area contributed by atoms with Gasteiger partial charge < -0.3 is 5.11 Å². The maximum atomic E-state index is 10.9. The van der Waals surface area contributed by atoms with E-state index in [1.165, 1.54) is 0 Å². The molecule has 0 aromatic rings. The van der Waals surface area contributed by atoms with Gasteiger partial charge in [-0.05, 0) is 25.2 Å². The molecule has 1 N–H and O–H groups in total. The molecule has 2 heteroatoms. The van der Waals surface area contributed by atoms with Crippen molar-refractivity contribution < 1.29 is 9.90 Å². The molecule has 2 nitrogen and oxygen atoms in total. The molecule has 1 aliphatic rings. The van der Waals surface area contributed by atoms with Crippen molar-refractivity contribution >= 4 is 5.78 Å². The Labute approximate surface area is 67.6 Å². The van der Waals surface area contributed by atoms with Crippen LogP contribution >= 0.6 is 0 Å². The van der Waals surface area contributed by atoms with Gasteiger partial charge in [-0.1, -0.05) is 6.92 Å². The van der Waals surface area contributed by atoms with Gasteiger partial charge in [0.2, 0.25) is 0 Å². The fraction of sp³-hybridized carbons (Fsp3) is 0.889. The molecule has 1 atom stereocenters. The molecule has 0 amide bonds. The van der Waals surface area contributed by atoms with Crippen molar-refractivity contribution in [2.75, 3.05) is 0 Å². The van der Waals surface area contributed by atoms with Crippen molar-refractivity contribution in [3.63, 3.8) is 0 Å². The van der Waals surface area contributed by atoms with Gasteiger partial charge in [-0.25, -0.2) is 0 Å². The molecule has 1 aliphatic carbocycles. The second-order valence-corrected chi connectivity index (χ2v) is 3.87. The standard InChI is InChI=1S/C9H16O2/c1-7(10)9(2)5-3-8(11)4-6-9/h7,10H,3-6H2,1-2H3. The number of hydrogen-bond donors (Lipinski definition) is 1. The van der Waals surface area contributed by atoms with Crippen molar-refractivity contribution in [1.29, 1.82) is 0 Å². The van der Waals surface area contributed by atoms with Crippen LogP contribution in [0.2, 0.25) is 0 Å². The molecule has 0 spiro atoms. The maximum Gasteiger partial charge on any atom is 0.132 e. The van der Waals surface area contributed by atoms with E-state index in [1.54, 1.807) is 0 Å².